The molecule has 0 bridgehead atoms. The standard InChI is InChI=1S/C19H11Cl2N3O2S/c20-12-2-1-3-13(21)17(12)23-19-24-18(26)15(27-19)9-10-4-6-14-11(8-10)5-7-16(25)22-14/h1-9H,(H,22,25)(H,23,24,26)/b15-9-. The second-order valence-electron chi connectivity index (χ2n) is 5.72. The van der Waals surface area contributed by atoms with Crippen LogP contribution in [0.15, 0.2) is 63.2 Å². The summed E-state index contributed by atoms with van der Waals surface area (Å²) >= 11 is 13.5. The number of anilines is 1. The third-order valence-corrected chi connectivity index (χ3v) is 5.39. The van der Waals surface area contributed by atoms with Crippen LogP contribution in [-0.2, 0) is 4.79 Å². The molecule has 134 valence electrons. The first-order valence-electron chi connectivity index (χ1n) is 7.86. The fourth-order valence-corrected chi connectivity index (χ4v) is 3.91. The Hall–Kier alpha value is -2.54. The third-order valence-electron chi connectivity index (χ3n) is 3.86. The van der Waals surface area contributed by atoms with E-state index < -0.39 is 0 Å². The maximum atomic E-state index is 12.2. The van der Waals surface area contributed by atoms with Crippen LogP contribution in [0.4, 0.5) is 5.69 Å². The molecule has 27 heavy (non-hydrogen) atoms. The van der Waals surface area contributed by atoms with Gasteiger partial charge in [0.25, 0.3) is 5.91 Å². The molecule has 0 saturated carbocycles. The number of amides is 1. The minimum Gasteiger partial charge on any atom is -0.332 e. The number of carbonyl (C=O) groups is 1. The maximum absolute atomic E-state index is 12.2. The van der Waals surface area contributed by atoms with Gasteiger partial charge in [-0.1, -0.05) is 35.3 Å². The molecule has 0 radical (unpaired) electrons. The SMILES string of the molecule is O=C1N=C(Nc2c(Cl)cccc2Cl)S/C1=C\c1ccc2[nH]c(=O)ccc2c1. The Morgan fingerprint density at radius 2 is 1.81 bits per heavy atom. The lowest BCUT2D eigenvalue weighted by molar-refractivity contribution is -0.113. The number of carbonyl (C=O) groups excluding carboxylic acids is 1. The van der Waals surface area contributed by atoms with Crippen molar-refractivity contribution in [3.05, 3.63) is 79.4 Å². The quantitative estimate of drug-likeness (QED) is 0.582. The highest BCUT2D eigenvalue weighted by Crippen LogP contribution is 2.34. The molecule has 2 aromatic carbocycles. The van der Waals surface area contributed by atoms with Crippen LogP contribution in [0.2, 0.25) is 10.0 Å². The predicted molar refractivity (Wildman–Crippen MR) is 113 cm³/mol. The number of aromatic nitrogens is 1. The summed E-state index contributed by atoms with van der Waals surface area (Å²) in [6.45, 7) is 0. The molecule has 5 nitrogen and oxygen atoms in total. The van der Waals surface area contributed by atoms with Crippen molar-refractivity contribution in [2.75, 3.05) is 5.32 Å². The smallest absolute Gasteiger partial charge is 0.286 e. The number of hydrogen-bond donors (Lipinski definition) is 2. The summed E-state index contributed by atoms with van der Waals surface area (Å²) in [6, 6.07) is 13.9. The van der Waals surface area contributed by atoms with Gasteiger partial charge in [-0.3, -0.25) is 9.59 Å². The summed E-state index contributed by atoms with van der Waals surface area (Å²) in [7, 11) is 0. The number of rotatable bonds is 2. The predicted octanol–water partition coefficient (Wildman–Crippen LogP) is 4.92. The first-order chi connectivity index (χ1) is 13.0. The van der Waals surface area contributed by atoms with Crippen molar-refractivity contribution in [1.29, 1.82) is 0 Å². The van der Waals surface area contributed by atoms with E-state index in [1.807, 2.05) is 12.1 Å². The highest BCUT2D eigenvalue weighted by molar-refractivity contribution is 8.18. The van der Waals surface area contributed by atoms with Gasteiger partial charge in [0.05, 0.1) is 20.6 Å². The van der Waals surface area contributed by atoms with Gasteiger partial charge in [0.15, 0.2) is 5.17 Å². The number of H-pyrrole nitrogens is 1. The molecule has 1 aliphatic heterocycles. The molecule has 2 heterocycles. The monoisotopic (exact) mass is 415 g/mol. The van der Waals surface area contributed by atoms with Gasteiger partial charge < -0.3 is 10.3 Å². The van der Waals surface area contributed by atoms with Crippen LogP contribution in [0.3, 0.4) is 0 Å². The van der Waals surface area contributed by atoms with Crippen LogP contribution in [0.1, 0.15) is 5.56 Å². The van der Waals surface area contributed by atoms with E-state index in [1.54, 1.807) is 36.4 Å². The number of para-hydroxylation sites is 1. The highest BCUT2D eigenvalue weighted by Gasteiger charge is 2.23. The van der Waals surface area contributed by atoms with Crippen LogP contribution in [0.25, 0.3) is 17.0 Å². The van der Waals surface area contributed by atoms with Crippen molar-refractivity contribution < 1.29 is 4.79 Å². The minimum absolute atomic E-state index is 0.155. The first-order valence-corrected chi connectivity index (χ1v) is 9.43. The van der Waals surface area contributed by atoms with E-state index in [4.69, 9.17) is 23.2 Å². The van der Waals surface area contributed by atoms with Crippen LogP contribution in [0, 0.1) is 0 Å². The van der Waals surface area contributed by atoms with E-state index in [9.17, 15) is 9.59 Å². The Balaban J connectivity index is 1.58. The minimum atomic E-state index is -0.341. The highest BCUT2D eigenvalue weighted by atomic mass is 35.5. The Bertz CT molecular complexity index is 1180. The number of benzene rings is 2. The van der Waals surface area contributed by atoms with E-state index in [1.165, 1.54) is 17.8 Å². The molecular weight excluding hydrogens is 405 g/mol. The van der Waals surface area contributed by atoms with Crippen molar-refractivity contribution in [1.82, 2.24) is 4.98 Å². The molecule has 8 heteroatoms. The maximum Gasteiger partial charge on any atom is 0.286 e. The average Bonchev–Trinajstić information content (AvgIpc) is 2.98. The second-order valence-corrected chi connectivity index (χ2v) is 7.57. The third kappa shape index (κ3) is 3.78. The van der Waals surface area contributed by atoms with Gasteiger partial charge in [-0.25, -0.2) is 0 Å². The summed E-state index contributed by atoms with van der Waals surface area (Å²) < 4.78 is 0. The van der Waals surface area contributed by atoms with Crippen LogP contribution in [0.5, 0.6) is 0 Å². The number of thioether (sulfide) groups is 1. The van der Waals surface area contributed by atoms with Crippen molar-refractivity contribution in [3.8, 4) is 0 Å². The van der Waals surface area contributed by atoms with Gasteiger partial charge in [0.2, 0.25) is 5.56 Å². The van der Waals surface area contributed by atoms with Crippen LogP contribution >= 0.6 is 35.0 Å². The Labute approximate surface area is 168 Å². The Kier molecular flexibility index (Phi) is 4.78. The topological polar surface area (TPSA) is 74.3 Å². The molecule has 0 aliphatic carbocycles. The van der Waals surface area contributed by atoms with Gasteiger partial charge in [-0.2, -0.15) is 4.99 Å². The number of fused-ring (bicyclic) bond motifs is 1. The van der Waals surface area contributed by atoms with Gasteiger partial charge in [0, 0.05) is 11.6 Å². The summed E-state index contributed by atoms with van der Waals surface area (Å²) in [6.07, 6.45) is 1.75. The second kappa shape index (κ2) is 7.23. The lowest BCUT2D eigenvalue weighted by Crippen LogP contribution is -2.05. The number of aliphatic imine (C=N–C) groups is 1. The zero-order chi connectivity index (χ0) is 19.0. The summed E-state index contributed by atoms with van der Waals surface area (Å²) in [4.78, 5) is 30.8. The lowest BCUT2D eigenvalue weighted by atomic mass is 10.1. The van der Waals surface area contributed by atoms with Crippen molar-refractivity contribution in [2.45, 2.75) is 0 Å². The molecule has 0 spiro atoms. The van der Waals surface area contributed by atoms with Gasteiger partial charge in [-0.15, -0.1) is 0 Å². The first kappa shape index (κ1) is 17.9. The number of pyridine rings is 1. The number of hydrogen-bond acceptors (Lipinski definition) is 4. The van der Waals surface area contributed by atoms with E-state index in [0.29, 0.717) is 25.8 Å². The summed E-state index contributed by atoms with van der Waals surface area (Å²) in [5.41, 5.74) is 1.92. The fraction of sp³-hybridized carbons (Fsp3) is 0. The van der Waals surface area contributed by atoms with Crippen LogP contribution < -0.4 is 10.9 Å². The van der Waals surface area contributed by atoms with Crippen molar-refractivity contribution in [3.63, 3.8) is 0 Å². The van der Waals surface area contributed by atoms with Crippen LogP contribution in [-0.4, -0.2) is 16.1 Å². The van der Waals surface area contributed by atoms with E-state index >= 15 is 0 Å². The van der Waals surface area contributed by atoms with E-state index in [-0.39, 0.29) is 11.5 Å². The molecule has 1 aromatic heterocycles. The number of aromatic amines is 1. The summed E-state index contributed by atoms with van der Waals surface area (Å²) in [5.74, 6) is -0.341. The van der Waals surface area contributed by atoms with E-state index in [2.05, 4.69) is 15.3 Å². The van der Waals surface area contributed by atoms with Gasteiger partial charge in [-0.05, 0) is 59.1 Å². The Morgan fingerprint density at radius 1 is 1.04 bits per heavy atom. The molecular formula is C19H11Cl2N3O2S. The number of nitrogens with zero attached hydrogens (tertiary/aromatic N) is 1. The molecule has 0 atom stereocenters. The molecule has 0 saturated heterocycles. The largest absolute Gasteiger partial charge is 0.332 e. The molecule has 0 unspecified atom stereocenters. The fourth-order valence-electron chi connectivity index (χ4n) is 2.60. The normalized spacial score (nSPS) is 15.4. The number of amidine groups is 1. The zero-order valence-corrected chi connectivity index (χ0v) is 16.0. The van der Waals surface area contributed by atoms with Gasteiger partial charge >= 0.3 is 0 Å². The van der Waals surface area contributed by atoms with Crippen molar-refractivity contribution in [2.24, 2.45) is 4.99 Å². The number of nitrogens with one attached hydrogen (secondary N) is 2. The van der Waals surface area contributed by atoms with Crippen molar-refractivity contribution >= 4 is 68.7 Å². The van der Waals surface area contributed by atoms with E-state index in [0.717, 1.165) is 16.5 Å². The Morgan fingerprint density at radius 3 is 2.59 bits per heavy atom. The number of halogens is 2. The molecule has 2 N–H and O–H groups in total. The average molecular weight is 416 g/mol. The molecule has 3 aromatic rings. The van der Waals surface area contributed by atoms with Gasteiger partial charge in [0.1, 0.15) is 0 Å². The molecule has 0 fully saturated rings. The molecule has 1 amide bonds. The lowest BCUT2D eigenvalue weighted by Gasteiger charge is -2.08. The summed E-state index contributed by atoms with van der Waals surface area (Å²) in [5, 5.41) is 5.18. The molecule has 4 rings (SSSR count). The molecule has 1 aliphatic rings. The zero-order valence-electron chi connectivity index (χ0n) is 13.6.